The zero-order valence-corrected chi connectivity index (χ0v) is 13.3. The largest absolute Gasteiger partial charge is 0.507 e. The lowest BCUT2D eigenvalue weighted by Crippen LogP contribution is -2.31. The topological polar surface area (TPSA) is 104 Å². The van der Waals surface area contributed by atoms with Crippen LogP contribution >= 0.6 is 0 Å². The molecule has 0 unspecified atom stereocenters. The molecule has 124 valence electrons. The number of Topliss-reactive ketones (excluding diaryl/α,β-unsaturated/α-hetero) is 2. The molecular formula is C17H23N3O3. The lowest BCUT2D eigenvalue weighted by molar-refractivity contribution is 0.0966. The lowest BCUT2D eigenvalue weighted by atomic mass is 9.87. The van der Waals surface area contributed by atoms with Crippen molar-refractivity contribution in [1.29, 1.82) is 0 Å². The van der Waals surface area contributed by atoms with Gasteiger partial charge < -0.3 is 21.5 Å². The Balaban J connectivity index is 1.99. The van der Waals surface area contributed by atoms with Crippen molar-refractivity contribution >= 4 is 11.6 Å². The molecule has 2 rings (SSSR count). The van der Waals surface area contributed by atoms with Crippen LogP contribution in [-0.2, 0) is 0 Å². The number of phenols is 1. The molecule has 1 aliphatic rings. The molecule has 0 bridgehead atoms. The molecule has 0 heterocycles. The summed E-state index contributed by atoms with van der Waals surface area (Å²) in [6, 6.07) is 4.55. The van der Waals surface area contributed by atoms with E-state index in [1.54, 1.807) is 19.1 Å². The number of nitrogens with one attached hydrogen (secondary N) is 2. The number of rotatable bonds is 8. The van der Waals surface area contributed by atoms with E-state index in [1.165, 1.54) is 6.07 Å². The molecule has 1 aromatic carbocycles. The van der Waals surface area contributed by atoms with Crippen LogP contribution in [0.15, 0.2) is 29.5 Å². The fourth-order valence-corrected chi connectivity index (χ4v) is 2.57. The summed E-state index contributed by atoms with van der Waals surface area (Å²) in [7, 11) is 0. The third-order valence-corrected chi connectivity index (χ3v) is 3.85. The van der Waals surface area contributed by atoms with Crippen LogP contribution in [0.2, 0.25) is 0 Å². The number of fused-ring (bicyclic) bond motifs is 1. The van der Waals surface area contributed by atoms with Crippen molar-refractivity contribution in [3.63, 3.8) is 0 Å². The Kier molecular flexibility index (Phi) is 5.90. The van der Waals surface area contributed by atoms with E-state index in [0.717, 1.165) is 25.9 Å². The maximum absolute atomic E-state index is 12.5. The van der Waals surface area contributed by atoms with Crippen LogP contribution in [-0.4, -0.2) is 42.9 Å². The fourth-order valence-electron chi connectivity index (χ4n) is 2.57. The second kappa shape index (κ2) is 7.89. The van der Waals surface area contributed by atoms with Crippen molar-refractivity contribution in [2.24, 2.45) is 5.73 Å². The van der Waals surface area contributed by atoms with Crippen LogP contribution in [0.4, 0.5) is 0 Å². The van der Waals surface area contributed by atoms with Crippen molar-refractivity contribution < 1.29 is 14.7 Å². The van der Waals surface area contributed by atoms with E-state index in [1.807, 2.05) is 0 Å². The SMILES string of the molecule is CC1=C(NCCCNCCCN)C(=O)c2c(O)cccc2C1=O. The highest BCUT2D eigenvalue weighted by atomic mass is 16.3. The summed E-state index contributed by atoms with van der Waals surface area (Å²) in [4.78, 5) is 24.9. The Morgan fingerprint density at radius 1 is 1.09 bits per heavy atom. The van der Waals surface area contributed by atoms with E-state index in [-0.39, 0.29) is 34.1 Å². The van der Waals surface area contributed by atoms with Gasteiger partial charge in [0, 0.05) is 17.7 Å². The molecular weight excluding hydrogens is 294 g/mol. The summed E-state index contributed by atoms with van der Waals surface area (Å²) in [5.74, 6) is -0.707. The monoisotopic (exact) mass is 317 g/mol. The highest BCUT2D eigenvalue weighted by Gasteiger charge is 2.31. The van der Waals surface area contributed by atoms with E-state index in [4.69, 9.17) is 5.73 Å². The van der Waals surface area contributed by atoms with Crippen molar-refractivity contribution in [2.45, 2.75) is 19.8 Å². The number of aromatic hydroxyl groups is 1. The van der Waals surface area contributed by atoms with Gasteiger partial charge in [0.1, 0.15) is 5.75 Å². The second-order valence-electron chi connectivity index (χ2n) is 5.53. The quantitative estimate of drug-likeness (QED) is 0.533. The molecule has 1 aromatic rings. The Labute approximate surface area is 135 Å². The van der Waals surface area contributed by atoms with E-state index in [9.17, 15) is 14.7 Å². The van der Waals surface area contributed by atoms with Gasteiger partial charge in [0.15, 0.2) is 5.78 Å². The molecule has 1 aliphatic carbocycles. The van der Waals surface area contributed by atoms with Gasteiger partial charge >= 0.3 is 0 Å². The van der Waals surface area contributed by atoms with Gasteiger partial charge in [0.2, 0.25) is 5.78 Å². The molecule has 0 atom stereocenters. The molecule has 6 heteroatoms. The van der Waals surface area contributed by atoms with Gasteiger partial charge in [0.25, 0.3) is 0 Å². The molecule has 5 N–H and O–H groups in total. The number of benzene rings is 1. The maximum atomic E-state index is 12.5. The Bertz CT molecular complexity index is 638. The average molecular weight is 317 g/mol. The molecule has 0 amide bonds. The lowest BCUT2D eigenvalue weighted by Gasteiger charge is -2.20. The zero-order valence-electron chi connectivity index (χ0n) is 13.3. The van der Waals surface area contributed by atoms with Crippen LogP contribution in [0.3, 0.4) is 0 Å². The first-order valence-electron chi connectivity index (χ1n) is 7.84. The van der Waals surface area contributed by atoms with Crippen LogP contribution < -0.4 is 16.4 Å². The number of ketones is 2. The average Bonchev–Trinajstić information content (AvgIpc) is 2.54. The van der Waals surface area contributed by atoms with Crippen molar-refractivity contribution in [3.05, 3.63) is 40.6 Å². The number of carbonyl (C=O) groups excluding carboxylic acids is 2. The molecule has 0 radical (unpaired) electrons. The first-order valence-corrected chi connectivity index (χ1v) is 7.84. The van der Waals surface area contributed by atoms with Gasteiger partial charge in [-0.15, -0.1) is 0 Å². The molecule has 0 aromatic heterocycles. The van der Waals surface area contributed by atoms with E-state index in [2.05, 4.69) is 10.6 Å². The highest BCUT2D eigenvalue weighted by molar-refractivity contribution is 6.27. The predicted molar refractivity (Wildman–Crippen MR) is 88.6 cm³/mol. The van der Waals surface area contributed by atoms with Crippen LogP contribution in [0.1, 0.15) is 40.5 Å². The minimum absolute atomic E-state index is 0.0895. The Morgan fingerprint density at radius 3 is 2.57 bits per heavy atom. The summed E-state index contributed by atoms with van der Waals surface area (Å²) in [6.07, 6.45) is 1.75. The smallest absolute Gasteiger partial charge is 0.213 e. The van der Waals surface area contributed by atoms with E-state index >= 15 is 0 Å². The number of hydrogen-bond donors (Lipinski definition) is 4. The third kappa shape index (κ3) is 3.78. The Hall–Kier alpha value is -2.18. The van der Waals surface area contributed by atoms with Gasteiger partial charge in [-0.2, -0.15) is 0 Å². The van der Waals surface area contributed by atoms with Gasteiger partial charge in [-0.05, 0) is 45.5 Å². The molecule has 0 spiro atoms. The van der Waals surface area contributed by atoms with Crippen LogP contribution in [0, 0.1) is 0 Å². The second-order valence-corrected chi connectivity index (χ2v) is 5.53. The van der Waals surface area contributed by atoms with Crippen LogP contribution in [0.5, 0.6) is 5.75 Å². The van der Waals surface area contributed by atoms with Gasteiger partial charge in [-0.3, -0.25) is 9.59 Å². The molecule has 0 fully saturated rings. The summed E-state index contributed by atoms with van der Waals surface area (Å²) < 4.78 is 0. The standard InChI is InChI=1S/C17H23N3O3/c1-11-15(20-10-4-9-19-8-3-7-18)17(23)14-12(16(11)22)5-2-6-13(14)21/h2,5-6,19-21H,3-4,7-10,18H2,1H3. The minimum atomic E-state index is -0.328. The molecule has 0 saturated carbocycles. The first kappa shape index (κ1) is 17.2. The van der Waals surface area contributed by atoms with Crippen molar-refractivity contribution in [3.8, 4) is 5.75 Å². The molecule has 0 aliphatic heterocycles. The molecule has 6 nitrogen and oxygen atoms in total. The van der Waals surface area contributed by atoms with Gasteiger partial charge in [0.05, 0.1) is 11.3 Å². The van der Waals surface area contributed by atoms with E-state index < -0.39 is 0 Å². The highest BCUT2D eigenvalue weighted by Crippen LogP contribution is 2.30. The minimum Gasteiger partial charge on any atom is -0.507 e. The summed E-state index contributed by atoms with van der Waals surface area (Å²) >= 11 is 0. The summed E-state index contributed by atoms with van der Waals surface area (Å²) in [6.45, 7) is 4.55. The number of allylic oxidation sites excluding steroid dienone is 2. The fraction of sp³-hybridized carbons (Fsp3) is 0.412. The van der Waals surface area contributed by atoms with Gasteiger partial charge in [-0.25, -0.2) is 0 Å². The van der Waals surface area contributed by atoms with E-state index in [0.29, 0.717) is 18.7 Å². The summed E-state index contributed by atoms with van der Waals surface area (Å²) in [5.41, 5.74) is 6.44. The maximum Gasteiger partial charge on any atom is 0.213 e. The summed E-state index contributed by atoms with van der Waals surface area (Å²) in [5, 5.41) is 16.2. The molecule has 23 heavy (non-hydrogen) atoms. The van der Waals surface area contributed by atoms with Crippen LogP contribution in [0.25, 0.3) is 0 Å². The Morgan fingerprint density at radius 2 is 1.83 bits per heavy atom. The number of carbonyl (C=O) groups is 2. The van der Waals surface area contributed by atoms with Crippen molar-refractivity contribution in [1.82, 2.24) is 10.6 Å². The first-order chi connectivity index (χ1) is 11.1. The predicted octanol–water partition coefficient (Wildman–Crippen LogP) is 0.963. The van der Waals surface area contributed by atoms with Gasteiger partial charge in [-0.1, -0.05) is 12.1 Å². The number of hydrogen-bond acceptors (Lipinski definition) is 6. The molecule has 0 saturated heterocycles. The zero-order chi connectivity index (χ0) is 16.8. The van der Waals surface area contributed by atoms with Crippen molar-refractivity contribution in [2.75, 3.05) is 26.2 Å². The third-order valence-electron chi connectivity index (χ3n) is 3.85. The number of phenolic OH excluding ortho intramolecular Hbond substituents is 1. The number of nitrogens with two attached hydrogens (primary N) is 1. The normalized spacial score (nSPS) is 14.2.